The van der Waals surface area contributed by atoms with Crippen molar-refractivity contribution in [3.63, 3.8) is 0 Å². The summed E-state index contributed by atoms with van der Waals surface area (Å²) in [7, 11) is 0. The minimum atomic E-state index is 0.000493. The van der Waals surface area contributed by atoms with E-state index in [-0.39, 0.29) is 11.9 Å². The van der Waals surface area contributed by atoms with Gasteiger partial charge in [-0.2, -0.15) is 0 Å². The van der Waals surface area contributed by atoms with Gasteiger partial charge in [0.15, 0.2) is 0 Å². The molecular weight excluding hydrogens is 262 g/mol. The molecule has 0 radical (unpaired) electrons. The van der Waals surface area contributed by atoms with Gasteiger partial charge in [0.25, 0.3) is 0 Å². The van der Waals surface area contributed by atoms with E-state index in [1.54, 1.807) is 0 Å². The molecule has 0 aromatic heterocycles. The van der Waals surface area contributed by atoms with Crippen LogP contribution in [0.15, 0.2) is 0 Å². The third kappa shape index (κ3) is 5.26. The topological polar surface area (TPSA) is 44.4 Å². The predicted octanol–water partition coefficient (Wildman–Crippen LogP) is 2.29. The molecule has 1 aliphatic heterocycles. The van der Waals surface area contributed by atoms with Crippen molar-refractivity contribution < 1.29 is 4.79 Å². The Hall–Kier alpha value is -0.610. The second-order valence-corrected chi connectivity index (χ2v) is 6.95. The van der Waals surface area contributed by atoms with Crippen molar-refractivity contribution in [2.75, 3.05) is 13.1 Å². The number of carbonyl (C=O) groups is 1. The van der Waals surface area contributed by atoms with Crippen molar-refractivity contribution in [3.05, 3.63) is 0 Å². The number of amides is 1. The number of hydrogen-bond donors (Lipinski definition) is 2. The summed E-state index contributed by atoms with van der Waals surface area (Å²) in [5.74, 6) is 0.207. The first kappa shape index (κ1) is 16.8. The van der Waals surface area contributed by atoms with Crippen LogP contribution in [0.2, 0.25) is 0 Å². The summed E-state index contributed by atoms with van der Waals surface area (Å²) in [6.45, 7) is 8.52. The number of piperidine rings is 1. The van der Waals surface area contributed by atoms with Gasteiger partial charge in [-0.3, -0.25) is 9.69 Å². The molecule has 2 N–H and O–H groups in total. The van der Waals surface area contributed by atoms with E-state index < -0.39 is 0 Å². The molecule has 0 spiro atoms. The molecule has 3 unspecified atom stereocenters. The Balaban J connectivity index is 1.85. The third-order valence-corrected chi connectivity index (χ3v) is 4.85. The molecule has 0 aromatic rings. The van der Waals surface area contributed by atoms with Gasteiger partial charge in [-0.25, -0.2) is 0 Å². The van der Waals surface area contributed by atoms with Crippen molar-refractivity contribution in [1.29, 1.82) is 0 Å². The molecule has 1 heterocycles. The smallest absolute Gasteiger partial charge is 0.237 e. The predicted molar refractivity (Wildman–Crippen MR) is 87.3 cm³/mol. The van der Waals surface area contributed by atoms with E-state index >= 15 is 0 Å². The second kappa shape index (κ2) is 8.14. The van der Waals surface area contributed by atoms with E-state index in [1.807, 2.05) is 0 Å². The Bertz CT molecular complexity index is 324. The van der Waals surface area contributed by atoms with E-state index in [9.17, 15) is 4.79 Å². The maximum absolute atomic E-state index is 12.5. The molecule has 2 rings (SSSR count). The Morgan fingerprint density at radius 1 is 1.29 bits per heavy atom. The van der Waals surface area contributed by atoms with Crippen LogP contribution in [-0.2, 0) is 4.79 Å². The average Bonchev–Trinajstić information content (AvgIpc) is 3.30. The Kier molecular flexibility index (Phi) is 6.49. The number of nitrogens with zero attached hydrogens (tertiary/aromatic N) is 1. The zero-order valence-electron chi connectivity index (χ0n) is 14.0. The summed E-state index contributed by atoms with van der Waals surface area (Å²) < 4.78 is 0. The van der Waals surface area contributed by atoms with Crippen LogP contribution in [0.3, 0.4) is 0 Å². The van der Waals surface area contributed by atoms with Crippen LogP contribution < -0.4 is 10.6 Å². The lowest BCUT2D eigenvalue weighted by atomic mass is 10.0. The van der Waals surface area contributed by atoms with Crippen molar-refractivity contribution in [3.8, 4) is 0 Å². The molecule has 21 heavy (non-hydrogen) atoms. The number of rotatable bonds is 8. The van der Waals surface area contributed by atoms with Gasteiger partial charge >= 0.3 is 0 Å². The first-order valence-electron chi connectivity index (χ1n) is 8.91. The van der Waals surface area contributed by atoms with Gasteiger partial charge in [0.2, 0.25) is 5.91 Å². The zero-order valence-corrected chi connectivity index (χ0v) is 14.0. The standard InChI is InChI=1S/C17H33N3O/c1-4-7-13(2)19-17(21)14(3)20(16-9-10-16)12-15-8-5-6-11-18-15/h13-16,18H,4-12H2,1-3H3,(H,19,21). The molecule has 2 aliphatic rings. The average molecular weight is 295 g/mol. The molecule has 3 atom stereocenters. The van der Waals surface area contributed by atoms with Crippen LogP contribution in [0.25, 0.3) is 0 Å². The molecule has 1 amide bonds. The first-order chi connectivity index (χ1) is 10.1. The fourth-order valence-electron chi connectivity index (χ4n) is 3.38. The van der Waals surface area contributed by atoms with Crippen LogP contribution in [0.4, 0.5) is 0 Å². The number of hydrogen-bond acceptors (Lipinski definition) is 3. The summed E-state index contributed by atoms with van der Waals surface area (Å²) in [4.78, 5) is 14.9. The fourth-order valence-corrected chi connectivity index (χ4v) is 3.38. The molecule has 4 nitrogen and oxygen atoms in total. The third-order valence-electron chi connectivity index (χ3n) is 4.85. The fraction of sp³-hybridized carbons (Fsp3) is 0.941. The lowest BCUT2D eigenvalue weighted by molar-refractivity contribution is -0.127. The lowest BCUT2D eigenvalue weighted by Crippen LogP contribution is -2.53. The van der Waals surface area contributed by atoms with Gasteiger partial charge in [-0.1, -0.05) is 19.8 Å². The summed E-state index contributed by atoms with van der Waals surface area (Å²) in [6, 6.07) is 1.50. The van der Waals surface area contributed by atoms with Gasteiger partial charge in [0, 0.05) is 24.7 Å². The van der Waals surface area contributed by atoms with Crippen LogP contribution in [0.5, 0.6) is 0 Å². The van der Waals surface area contributed by atoms with E-state index in [0.717, 1.165) is 25.9 Å². The highest BCUT2D eigenvalue weighted by Gasteiger charge is 2.36. The van der Waals surface area contributed by atoms with E-state index in [0.29, 0.717) is 18.1 Å². The van der Waals surface area contributed by atoms with E-state index in [4.69, 9.17) is 0 Å². The molecule has 122 valence electrons. The van der Waals surface area contributed by atoms with E-state index in [2.05, 4.69) is 36.3 Å². The van der Waals surface area contributed by atoms with Gasteiger partial charge in [0.1, 0.15) is 0 Å². The molecule has 0 bridgehead atoms. The summed E-state index contributed by atoms with van der Waals surface area (Å²) in [6.07, 6.45) is 8.57. The van der Waals surface area contributed by atoms with E-state index in [1.165, 1.54) is 32.1 Å². The molecule has 4 heteroatoms. The van der Waals surface area contributed by atoms with Crippen molar-refractivity contribution in [1.82, 2.24) is 15.5 Å². The molecule has 1 saturated carbocycles. The maximum atomic E-state index is 12.5. The Labute approximate surface area is 130 Å². The Morgan fingerprint density at radius 2 is 2.05 bits per heavy atom. The highest BCUT2D eigenvalue weighted by atomic mass is 16.2. The minimum Gasteiger partial charge on any atom is -0.352 e. The van der Waals surface area contributed by atoms with Crippen LogP contribution in [0, 0.1) is 0 Å². The monoisotopic (exact) mass is 295 g/mol. The van der Waals surface area contributed by atoms with Gasteiger partial charge in [-0.05, 0) is 52.5 Å². The molecule has 2 fully saturated rings. The second-order valence-electron chi connectivity index (χ2n) is 6.95. The van der Waals surface area contributed by atoms with Gasteiger partial charge in [-0.15, -0.1) is 0 Å². The van der Waals surface area contributed by atoms with Crippen molar-refractivity contribution >= 4 is 5.91 Å². The molecule has 1 saturated heterocycles. The van der Waals surface area contributed by atoms with Gasteiger partial charge < -0.3 is 10.6 Å². The summed E-state index contributed by atoms with van der Waals surface area (Å²) >= 11 is 0. The van der Waals surface area contributed by atoms with Crippen LogP contribution in [-0.4, -0.2) is 48.1 Å². The molecular formula is C17H33N3O. The largest absolute Gasteiger partial charge is 0.352 e. The lowest BCUT2D eigenvalue weighted by Gasteiger charge is -2.34. The quantitative estimate of drug-likeness (QED) is 0.722. The normalized spacial score (nSPS) is 25.6. The Morgan fingerprint density at radius 3 is 2.62 bits per heavy atom. The first-order valence-corrected chi connectivity index (χ1v) is 8.91. The zero-order chi connectivity index (χ0) is 15.2. The molecule has 1 aliphatic carbocycles. The van der Waals surface area contributed by atoms with Crippen molar-refractivity contribution in [2.24, 2.45) is 0 Å². The highest BCUT2D eigenvalue weighted by molar-refractivity contribution is 5.81. The summed E-state index contributed by atoms with van der Waals surface area (Å²) in [5.41, 5.74) is 0. The van der Waals surface area contributed by atoms with Gasteiger partial charge in [0.05, 0.1) is 6.04 Å². The number of nitrogens with one attached hydrogen (secondary N) is 2. The number of carbonyl (C=O) groups excluding carboxylic acids is 1. The molecule has 0 aromatic carbocycles. The maximum Gasteiger partial charge on any atom is 0.237 e. The van der Waals surface area contributed by atoms with Crippen molar-refractivity contribution in [2.45, 2.75) is 89.9 Å². The minimum absolute atomic E-state index is 0.000493. The van der Waals surface area contributed by atoms with Crippen LogP contribution >= 0.6 is 0 Å². The SMILES string of the molecule is CCCC(C)NC(=O)C(C)N(CC1CCCCN1)C1CC1. The summed E-state index contributed by atoms with van der Waals surface area (Å²) in [5, 5.41) is 6.79. The highest BCUT2D eigenvalue weighted by Crippen LogP contribution is 2.29. The van der Waals surface area contributed by atoms with Crippen LogP contribution in [0.1, 0.15) is 65.7 Å².